The van der Waals surface area contributed by atoms with Gasteiger partial charge in [-0.05, 0) is 43.5 Å². The number of hydrogen-bond donors (Lipinski definition) is 2. The number of likely N-dealkylation sites (tertiary alicyclic amines) is 1. The summed E-state index contributed by atoms with van der Waals surface area (Å²) in [5.41, 5.74) is 7.31. The largest absolute Gasteiger partial charge is 0.394 e. The zero-order valence-electron chi connectivity index (χ0n) is 10.5. The number of nitrogens with zero attached hydrogens (tertiary/aromatic N) is 1. The first kappa shape index (κ1) is 13.1. The normalized spacial score (nSPS) is 19.2. The smallest absolute Gasteiger partial charge is 0.254 e. The van der Waals surface area contributed by atoms with Crippen molar-refractivity contribution in [3.63, 3.8) is 0 Å². The predicted octanol–water partition coefficient (Wildman–Crippen LogP) is 0.785. The zero-order valence-corrected chi connectivity index (χ0v) is 10.5. The summed E-state index contributed by atoms with van der Waals surface area (Å²) in [6.45, 7) is 1.38. The molecule has 1 fully saturated rings. The lowest BCUT2D eigenvalue weighted by atomic mass is 10.1. The van der Waals surface area contributed by atoms with E-state index in [1.807, 2.05) is 24.3 Å². The molecule has 0 radical (unpaired) electrons. The SMILES string of the molecule is NCCc1cccc(C(=O)N2CCCC2CO)c1. The summed E-state index contributed by atoms with van der Waals surface area (Å²) in [7, 11) is 0. The maximum absolute atomic E-state index is 12.4. The van der Waals surface area contributed by atoms with Gasteiger partial charge < -0.3 is 15.7 Å². The lowest BCUT2D eigenvalue weighted by Crippen LogP contribution is -2.37. The van der Waals surface area contributed by atoms with Crippen molar-refractivity contribution in [3.8, 4) is 0 Å². The fourth-order valence-corrected chi connectivity index (χ4v) is 2.49. The Morgan fingerprint density at radius 3 is 3.06 bits per heavy atom. The average molecular weight is 248 g/mol. The van der Waals surface area contributed by atoms with Gasteiger partial charge in [0, 0.05) is 12.1 Å². The van der Waals surface area contributed by atoms with E-state index in [4.69, 9.17) is 5.73 Å². The highest BCUT2D eigenvalue weighted by Gasteiger charge is 2.28. The van der Waals surface area contributed by atoms with Crippen LogP contribution in [0.1, 0.15) is 28.8 Å². The minimum Gasteiger partial charge on any atom is -0.394 e. The van der Waals surface area contributed by atoms with Gasteiger partial charge in [0.25, 0.3) is 5.91 Å². The lowest BCUT2D eigenvalue weighted by molar-refractivity contribution is 0.0677. The molecule has 1 amide bonds. The van der Waals surface area contributed by atoms with Gasteiger partial charge >= 0.3 is 0 Å². The Kier molecular flexibility index (Phi) is 4.33. The molecule has 1 unspecified atom stereocenters. The highest BCUT2D eigenvalue weighted by atomic mass is 16.3. The van der Waals surface area contributed by atoms with Gasteiger partial charge in [-0.15, -0.1) is 0 Å². The van der Waals surface area contributed by atoms with Crippen LogP contribution in [0.2, 0.25) is 0 Å². The third kappa shape index (κ3) is 2.71. The van der Waals surface area contributed by atoms with E-state index in [9.17, 15) is 9.90 Å². The van der Waals surface area contributed by atoms with Gasteiger partial charge in [-0.2, -0.15) is 0 Å². The molecule has 3 N–H and O–H groups in total. The fourth-order valence-electron chi connectivity index (χ4n) is 2.49. The van der Waals surface area contributed by atoms with Crippen molar-refractivity contribution in [3.05, 3.63) is 35.4 Å². The molecule has 1 heterocycles. The first-order chi connectivity index (χ1) is 8.76. The molecule has 0 bridgehead atoms. The van der Waals surface area contributed by atoms with Crippen molar-refractivity contribution in [1.82, 2.24) is 4.90 Å². The first-order valence-electron chi connectivity index (χ1n) is 6.47. The number of aliphatic hydroxyl groups excluding tert-OH is 1. The molecule has 1 atom stereocenters. The van der Waals surface area contributed by atoms with Gasteiger partial charge in [0.2, 0.25) is 0 Å². The van der Waals surface area contributed by atoms with Crippen LogP contribution in [0.15, 0.2) is 24.3 Å². The van der Waals surface area contributed by atoms with Crippen molar-refractivity contribution in [2.75, 3.05) is 19.7 Å². The molecular formula is C14H20N2O2. The third-order valence-corrected chi connectivity index (χ3v) is 3.46. The van der Waals surface area contributed by atoms with E-state index in [0.29, 0.717) is 12.1 Å². The number of amides is 1. The van der Waals surface area contributed by atoms with Gasteiger partial charge in [0.15, 0.2) is 0 Å². The Balaban J connectivity index is 2.15. The van der Waals surface area contributed by atoms with Crippen LogP contribution in [0.5, 0.6) is 0 Å². The molecule has 1 aliphatic heterocycles. The molecule has 98 valence electrons. The molecule has 18 heavy (non-hydrogen) atoms. The van der Waals surface area contributed by atoms with Crippen LogP contribution in [-0.2, 0) is 6.42 Å². The second kappa shape index (κ2) is 5.98. The number of nitrogens with two attached hydrogens (primary N) is 1. The molecule has 0 aromatic heterocycles. The number of benzene rings is 1. The van der Waals surface area contributed by atoms with Crippen LogP contribution >= 0.6 is 0 Å². The Morgan fingerprint density at radius 2 is 2.33 bits per heavy atom. The average Bonchev–Trinajstić information content (AvgIpc) is 2.87. The van der Waals surface area contributed by atoms with E-state index in [1.165, 1.54) is 0 Å². The second-order valence-corrected chi connectivity index (χ2v) is 4.72. The summed E-state index contributed by atoms with van der Waals surface area (Å²) in [5.74, 6) is 0.0189. The molecule has 4 nitrogen and oxygen atoms in total. The van der Waals surface area contributed by atoms with Crippen molar-refractivity contribution in [2.45, 2.75) is 25.3 Å². The third-order valence-electron chi connectivity index (χ3n) is 3.46. The van der Waals surface area contributed by atoms with Crippen LogP contribution in [0.25, 0.3) is 0 Å². The van der Waals surface area contributed by atoms with Gasteiger partial charge in [0.05, 0.1) is 12.6 Å². The quantitative estimate of drug-likeness (QED) is 0.827. The number of carbonyl (C=O) groups excluding carboxylic acids is 1. The van der Waals surface area contributed by atoms with Crippen LogP contribution in [0, 0.1) is 0 Å². The zero-order chi connectivity index (χ0) is 13.0. The summed E-state index contributed by atoms with van der Waals surface area (Å²) < 4.78 is 0. The van der Waals surface area contributed by atoms with Crippen LogP contribution < -0.4 is 5.73 Å². The summed E-state index contributed by atoms with van der Waals surface area (Å²) in [6.07, 6.45) is 2.65. The number of carbonyl (C=O) groups is 1. The number of rotatable bonds is 4. The summed E-state index contributed by atoms with van der Waals surface area (Å²) in [6, 6.07) is 7.59. The van der Waals surface area contributed by atoms with E-state index in [2.05, 4.69) is 0 Å². The van der Waals surface area contributed by atoms with E-state index in [0.717, 1.165) is 31.4 Å². The van der Waals surface area contributed by atoms with Gasteiger partial charge in [-0.1, -0.05) is 12.1 Å². The Bertz CT molecular complexity index is 420. The van der Waals surface area contributed by atoms with E-state index in [-0.39, 0.29) is 18.6 Å². The molecule has 0 aliphatic carbocycles. The Morgan fingerprint density at radius 1 is 1.50 bits per heavy atom. The highest BCUT2D eigenvalue weighted by Crippen LogP contribution is 2.20. The summed E-state index contributed by atoms with van der Waals surface area (Å²) in [5, 5.41) is 9.26. The molecule has 0 saturated carbocycles. The molecule has 2 rings (SSSR count). The van der Waals surface area contributed by atoms with E-state index < -0.39 is 0 Å². The highest BCUT2D eigenvalue weighted by molar-refractivity contribution is 5.94. The van der Waals surface area contributed by atoms with Crippen LogP contribution in [-0.4, -0.2) is 41.7 Å². The Labute approximate surface area is 107 Å². The van der Waals surface area contributed by atoms with E-state index >= 15 is 0 Å². The molecule has 1 aliphatic rings. The Hall–Kier alpha value is -1.39. The number of hydrogen-bond acceptors (Lipinski definition) is 3. The van der Waals surface area contributed by atoms with Crippen molar-refractivity contribution in [1.29, 1.82) is 0 Å². The van der Waals surface area contributed by atoms with Gasteiger partial charge in [-0.25, -0.2) is 0 Å². The van der Waals surface area contributed by atoms with E-state index in [1.54, 1.807) is 4.90 Å². The monoisotopic (exact) mass is 248 g/mol. The standard InChI is InChI=1S/C14H20N2O2/c15-7-6-11-3-1-4-12(9-11)14(18)16-8-2-5-13(16)10-17/h1,3-4,9,13,17H,2,5-8,10,15H2. The molecule has 0 spiro atoms. The molecular weight excluding hydrogens is 228 g/mol. The first-order valence-corrected chi connectivity index (χ1v) is 6.47. The van der Waals surface area contributed by atoms with Crippen molar-refractivity contribution in [2.24, 2.45) is 5.73 Å². The molecule has 4 heteroatoms. The summed E-state index contributed by atoms with van der Waals surface area (Å²) >= 11 is 0. The lowest BCUT2D eigenvalue weighted by Gasteiger charge is -2.23. The van der Waals surface area contributed by atoms with Gasteiger partial charge in [0.1, 0.15) is 0 Å². The maximum Gasteiger partial charge on any atom is 0.254 e. The number of aliphatic hydroxyl groups is 1. The van der Waals surface area contributed by atoms with Gasteiger partial charge in [-0.3, -0.25) is 4.79 Å². The predicted molar refractivity (Wildman–Crippen MR) is 70.3 cm³/mol. The second-order valence-electron chi connectivity index (χ2n) is 4.72. The molecule has 1 saturated heterocycles. The topological polar surface area (TPSA) is 66.6 Å². The van der Waals surface area contributed by atoms with Crippen LogP contribution in [0.3, 0.4) is 0 Å². The fraction of sp³-hybridized carbons (Fsp3) is 0.500. The summed E-state index contributed by atoms with van der Waals surface area (Å²) in [4.78, 5) is 14.1. The van der Waals surface area contributed by atoms with Crippen molar-refractivity contribution < 1.29 is 9.90 Å². The minimum atomic E-state index is -0.0179. The maximum atomic E-state index is 12.4. The molecule has 1 aromatic carbocycles. The van der Waals surface area contributed by atoms with Crippen molar-refractivity contribution >= 4 is 5.91 Å². The minimum absolute atomic E-state index is 0.0179. The van der Waals surface area contributed by atoms with Crippen LogP contribution in [0.4, 0.5) is 0 Å². The molecule has 1 aromatic rings.